The van der Waals surface area contributed by atoms with E-state index in [1.807, 2.05) is 31.2 Å². The summed E-state index contributed by atoms with van der Waals surface area (Å²) in [5.74, 6) is 0.663. The topological polar surface area (TPSA) is 35.2 Å². The van der Waals surface area contributed by atoms with Crippen molar-refractivity contribution in [3.63, 3.8) is 0 Å². The first-order valence-electron chi connectivity index (χ1n) is 6.41. The number of thioether (sulfide) groups is 1. The van der Waals surface area contributed by atoms with Gasteiger partial charge >= 0.3 is 0 Å². The third-order valence-electron chi connectivity index (χ3n) is 3.01. The maximum absolute atomic E-state index is 13.6. The van der Waals surface area contributed by atoms with Crippen LogP contribution in [0.2, 0.25) is 0 Å². The van der Waals surface area contributed by atoms with Gasteiger partial charge in [0.2, 0.25) is 0 Å². The maximum atomic E-state index is 13.6. The zero-order valence-corrected chi connectivity index (χ0v) is 12.4. The molecule has 2 nitrogen and oxygen atoms in total. The van der Waals surface area contributed by atoms with Crippen LogP contribution >= 0.6 is 11.8 Å². The highest BCUT2D eigenvalue weighted by Crippen LogP contribution is 2.27. The van der Waals surface area contributed by atoms with Gasteiger partial charge in [-0.1, -0.05) is 18.2 Å². The normalized spacial score (nSPS) is 12.2. The Hall–Kier alpha value is -1.52. The third kappa shape index (κ3) is 3.74. The number of ether oxygens (including phenoxy) is 1. The van der Waals surface area contributed by atoms with Gasteiger partial charge in [0.25, 0.3) is 0 Å². The van der Waals surface area contributed by atoms with E-state index >= 15 is 0 Å². The number of rotatable bonds is 5. The Morgan fingerprint density at radius 3 is 2.70 bits per heavy atom. The van der Waals surface area contributed by atoms with Gasteiger partial charge in [-0.25, -0.2) is 4.39 Å². The summed E-state index contributed by atoms with van der Waals surface area (Å²) in [6, 6.07) is 13.2. The Labute approximate surface area is 123 Å². The van der Waals surface area contributed by atoms with Crippen molar-refractivity contribution in [2.24, 2.45) is 5.73 Å². The van der Waals surface area contributed by atoms with Crippen molar-refractivity contribution in [1.82, 2.24) is 0 Å². The Bertz CT molecular complexity index is 586. The molecule has 0 aliphatic heterocycles. The first-order chi connectivity index (χ1) is 9.60. The molecule has 4 heteroatoms. The minimum atomic E-state index is -0.324. The van der Waals surface area contributed by atoms with Crippen LogP contribution in [0, 0.1) is 5.82 Å². The van der Waals surface area contributed by atoms with Gasteiger partial charge in [0.05, 0.1) is 7.11 Å². The Kier molecular flexibility index (Phi) is 5.04. The molecule has 1 unspecified atom stereocenters. The lowest BCUT2D eigenvalue weighted by Gasteiger charge is -2.08. The fraction of sp³-hybridized carbons (Fsp3) is 0.250. The fourth-order valence-electron chi connectivity index (χ4n) is 1.85. The number of hydrogen-bond acceptors (Lipinski definition) is 3. The number of halogens is 1. The van der Waals surface area contributed by atoms with Gasteiger partial charge in [-0.15, -0.1) is 11.8 Å². The van der Waals surface area contributed by atoms with E-state index in [2.05, 4.69) is 6.07 Å². The highest BCUT2D eigenvalue weighted by atomic mass is 32.2. The maximum Gasteiger partial charge on any atom is 0.165 e. The summed E-state index contributed by atoms with van der Waals surface area (Å²) in [5.41, 5.74) is 7.91. The van der Waals surface area contributed by atoms with E-state index in [1.54, 1.807) is 17.8 Å². The summed E-state index contributed by atoms with van der Waals surface area (Å²) >= 11 is 1.66. The summed E-state index contributed by atoms with van der Waals surface area (Å²) < 4.78 is 18.5. The number of nitrogens with two attached hydrogens (primary N) is 1. The van der Waals surface area contributed by atoms with Crippen LogP contribution in [-0.4, -0.2) is 7.11 Å². The highest BCUT2D eigenvalue weighted by molar-refractivity contribution is 7.98. The SMILES string of the molecule is COc1ccc(CSc2cccc(C(C)N)c2)cc1F. The molecule has 0 aliphatic carbocycles. The Balaban J connectivity index is 2.05. The molecule has 2 aromatic carbocycles. The van der Waals surface area contributed by atoms with Gasteiger partial charge in [-0.3, -0.25) is 0 Å². The molecule has 0 fully saturated rings. The van der Waals surface area contributed by atoms with E-state index in [0.29, 0.717) is 5.75 Å². The largest absolute Gasteiger partial charge is 0.494 e. The summed E-state index contributed by atoms with van der Waals surface area (Å²) in [6.07, 6.45) is 0. The Morgan fingerprint density at radius 1 is 1.25 bits per heavy atom. The number of hydrogen-bond donors (Lipinski definition) is 1. The average molecular weight is 291 g/mol. The molecular weight excluding hydrogens is 273 g/mol. The number of benzene rings is 2. The fourth-order valence-corrected chi connectivity index (χ4v) is 2.76. The Morgan fingerprint density at radius 2 is 2.05 bits per heavy atom. The van der Waals surface area contributed by atoms with E-state index < -0.39 is 0 Å². The second kappa shape index (κ2) is 6.77. The minimum Gasteiger partial charge on any atom is -0.494 e. The second-order valence-electron chi connectivity index (χ2n) is 4.62. The van der Waals surface area contributed by atoms with Crippen LogP contribution in [0.4, 0.5) is 4.39 Å². The van der Waals surface area contributed by atoms with Crippen molar-refractivity contribution in [3.05, 3.63) is 59.4 Å². The van der Waals surface area contributed by atoms with Crippen LogP contribution in [0.1, 0.15) is 24.1 Å². The van der Waals surface area contributed by atoms with Gasteiger partial charge in [-0.05, 0) is 42.3 Å². The van der Waals surface area contributed by atoms with E-state index in [-0.39, 0.29) is 17.6 Å². The first kappa shape index (κ1) is 14.9. The summed E-state index contributed by atoms with van der Waals surface area (Å²) in [4.78, 5) is 1.14. The molecular formula is C16H18FNOS. The van der Waals surface area contributed by atoms with Gasteiger partial charge < -0.3 is 10.5 Å². The molecule has 0 saturated heterocycles. The predicted octanol–water partition coefficient (Wildman–Crippen LogP) is 4.15. The van der Waals surface area contributed by atoms with Crippen LogP contribution in [0.15, 0.2) is 47.4 Å². The summed E-state index contributed by atoms with van der Waals surface area (Å²) in [7, 11) is 1.46. The average Bonchev–Trinajstić information content (AvgIpc) is 2.45. The lowest BCUT2D eigenvalue weighted by Crippen LogP contribution is -2.04. The number of methoxy groups -OCH3 is 1. The monoisotopic (exact) mass is 291 g/mol. The molecule has 0 bridgehead atoms. The molecule has 2 aromatic rings. The lowest BCUT2D eigenvalue weighted by atomic mass is 10.1. The lowest BCUT2D eigenvalue weighted by molar-refractivity contribution is 0.386. The van der Waals surface area contributed by atoms with Crippen molar-refractivity contribution in [3.8, 4) is 5.75 Å². The van der Waals surface area contributed by atoms with Crippen LogP contribution in [0.25, 0.3) is 0 Å². The van der Waals surface area contributed by atoms with Crippen molar-refractivity contribution in [2.45, 2.75) is 23.6 Å². The van der Waals surface area contributed by atoms with Gasteiger partial charge in [-0.2, -0.15) is 0 Å². The molecule has 0 heterocycles. The van der Waals surface area contributed by atoms with Crippen LogP contribution in [0.5, 0.6) is 5.75 Å². The molecule has 20 heavy (non-hydrogen) atoms. The van der Waals surface area contributed by atoms with Gasteiger partial charge in [0.1, 0.15) is 0 Å². The third-order valence-corrected chi connectivity index (χ3v) is 4.07. The molecule has 0 saturated carbocycles. The zero-order chi connectivity index (χ0) is 14.5. The van der Waals surface area contributed by atoms with Crippen LogP contribution in [-0.2, 0) is 5.75 Å². The molecule has 2 N–H and O–H groups in total. The minimum absolute atomic E-state index is 0.0222. The van der Waals surface area contributed by atoms with Gasteiger partial charge in [0.15, 0.2) is 11.6 Å². The van der Waals surface area contributed by atoms with Crippen molar-refractivity contribution in [2.75, 3.05) is 7.11 Å². The summed E-state index contributed by atoms with van der Waals surface area (Å²) in [5, 5.41) is 0. The molecule has 0 radical (unpaired) electrons. The van der Waals surface area contributed by atoms with E-state index in [9.17, 15) is 4.39 Å². The molecule has 0 aliphatic rings. The molecule has 0 aromatic heterocycles. The van der Waals surface area contributed by atoms with Gasteiger partial charge in [0, 0.05) is 16.7 Å². The van der Waals surface area contributed by atoms with E-state index in [0.717, 1.165) is 16.0 Å². The first-order valence-corrected chi connectivity index (χ1v) is 7.39. The van der Waals surface area contributed by atoms with Crippen LogP contribution in [0.3, 0.4) is 0 Å². The molecule has 106 valence electrons. The molecule has 0 spiro atoms. The second-order valence-corrected chi connectivity index (χ2v) is 5.67. The van der Waals surface area contributed by atoms with E-state index in [4.69, 9.17) is 10.5 Å². The molecule has 0 amide bonds. The molecule has 1 atom stereocenters. The molecule has 2 rings (SSSR count). The highest BCUT2D eigenvalue weighted by Gasteiger charge is 2.05. The van der Waals surface area contributed by atoms with Crippen molar-refractivity contribution in [1.29, 1.82) is 0 Å². The van der Waals surface area contributed by atoms with Crippen molar-refractivity contribution < 1.29 is 9.13 Å². The predicted molar refractivity (Wildman–Crippen MR) is 81.6 cm³/mol. The van der Waals surface area contributed by atoms with Crippen LogP contribution < -0.4 is 10.5 Å². The standard InChI is InChI=1S/C16H18FNOS/c1-11(18)13-4-3-5-14(9-13)20-10-12-6-7-16(19-2)15(17)8-12/h3-9,11H,10,18H2,1-2H3. The van der Waals surface area contributed by atoms with Crippen molar-refractivity contribution >= 4 is 11.8 Å². The summed E-state index contributed by atoms with van der Waals surface area (Å²) in [6.45, 7) is 1.96. The quantitative estimate of drug-likeness (QED) is 0.841. The van der Waals surface area contributed by atoms with E-state index in [1.165, 1.54) is 13.2 Å². The smallest absolute Gasteiger partial charge is 0.165 e. The zero-order valence-electron chi connectivity index (χ0n) is 11.6.